The smallest absolute Gasteiger partial charge is 0.220 e. The lowest BCUT2D eigenvalue weighted by Gasteiger charge is -2.28. The van der Waals surface area contributed by atoms with Gasteiger partial charge in [-0.15, -0.1) is 0 Å². The van der Waals surface area contributed by atoms with Gasteiger partial charge in [0.2, 0.25) is 5.91 Å². The second-order valence-electron chi connectivity index (χ2n) is 8.34. The van der Waals surface area contributed by atoms with Crippen LogP contribution in [0.15, 0.2) is 30.7 Å². The number of nitrogens with zero attached hydrogens (tertiary/aromatic N) is 2. The molecule has 2 saturated carbocycles. The van der Waals surface area contributed by atoms with E-state index in [2.05, 4.69) is 26.3 Å². The number of carbonyl (C=O) groups is 1. The van der Waals surface area contributed by atoms with E-state index in [1.807, 2.05) is 24.7 Å². The molecule has 0 aliphatic heterocycles. The minimum atomic E-state index is 0.247. The highest BCUT2D eigenvalue weighted by atomic mass is 16.1. The second kappa shape index (κ2) is 6.95. The Morgan fingerprint density at radius 2 is 1.85 bits per heavy atom. The van der Waals surface area contributed by atoms with E-state index < -0.39 is 0 Å². The molecule has 140 valence electrons. The summed E-state index contributed by atoms with van der Waals surface area (Å²) in [6.07, 6.45) is 13.6. The van der Waals surface area contributed by atoms with Crippen LogP contribution < -0.4 is 5.32 Å². The third-order valence-corrected chi connectivity index (χ3v) is 6.36. The van der Waals surface area contributed by atoms with Crippen LogP contribution in [0.1, 0.15) is 56.4 Å². The number of hydrogen-bond acceptors (Lipinski definition) is 3. The third-order valence-electron chi connectivity index (χ3n) is 6.36. The minimum absolute atomic E-state index is 0.247. The molecule has 5 rings (SSSR count). The van der Waals surface area contributed by atoms with Gasteiger partial charge in [-0.3, -0.25) is 4.79 Å². The first-order valence-corrected chi connectivity index (χ1v) is 10.3. The number of pyridine rings is 2. The molecule has 0 bridgehead atoms. The maximum Gasteiger partial charge on any atom is 0.220 e. The van der Waals surface area contributed by atoms with Crippen molar-refractivity contribution in [3.05, 3.63) is 36.3 Å². The Labute approximate surface area is 159 Å². The highest BCUT2D eigenvalue weighted by molar-refractivity contribution is 6.05. The molecule has 0 atom stereocenters. The van der Waals surface area contributed by atoms with Crippen LogP contribution >= 0.6 is 0 Å². The van der Waals surface area contributed by atoms with E-state index in [0.29, 0.717) is 18.3 Å². The summed E-state index contributed by atoms with van der Waals surface area (Å²) in [6, 6.07) is 4.19. The van der Waals surface area contributed by atoms with Gasteiger partial charge in [-0.2, -0.15) is 0 Å². The summed E-state index contributed by atoms with van der Waals surface area (Å²) in [4.78, 5) is 24.5. The van der Waals surface area contributed by atoms with Crippen LogP contribution in [-0.4, -0.2) is 27.4 Å². The molecular formula is C22H26N4O. The lowest BCUT2D eigenvalue weighted by molar-refractivity contribution is -0.122. The normalized spacial score (nSPS) is 23.0. The van der Waals surface area contributed by atoms with Gasteiger partial charge in [-0.1, -0.05) is 6.07 Å². The van der Waals surface area contributed by atoms with Crippen LogP contribution in [0.5, 0.6) is 0 Å². The van der Waals surface area contributed by atoms with Crippen molar-refractivity contribution in [2.45, 2.75) is 50.9 Å². The number of carbonyl (C=O) groups excluding carboxylic acids is 1. The molecule has 0 aromatic carbocycles. The average molecular weight is 362 g/mol. The Kier molecular flexibility index (Phi) is 4.30. The third kappa shape index (κ3) is 3.43. The average Bonchev–Trinajstić information content (AvgIpc) is 3.43. The van der Waals surface area contributed by atoms with Gasteiger partial charge in [0.05, 0.1) is 11.7 Å². The second-order valence-corrected chi connectivity index (χ2v) is 8.34. The van der Waals surface area contributed by atoms with Gasteiger partial charge in [0.15, 0.2) is 5.65 Å². The fourth-order valence-electron chi connectivity index (χ4n) is 4.56. The molecule has 3 heterocycles. The molecule has 0 spiro atoms. The largest absolute Gasteiger partial charge is 0.360 e. The summed E-state index contributed by atoms with van der Waals surface area (Å²) in [5, 5.41) is 5.52. The quantitative estimate of drug-likeness (QED) is 0.711. The first-order chi connectivity index (χ1) is 13.3. The fraction of sp³-hybridized carbons (Fsp3) is 0.500. The molecule has 2 N–H and O–H groups in total. The summed E-state index contributed by atoms with van der Waals surface area (Å²) >= 11 is 0. The zero-order valence-corrected chi connectivity index (χ0v) is 15.6. The molecule has 0 radical (unpaired) electrons. The van der Waals surface area contributed by atoms with Gasteiger partial charge >= 0.3 is 0 Å². The molecule has 2 fully saturated rings. The summed E-state index contributed by atoms with van der Waals surface area (Å²) in [7, 11) is 0. The van der Waals surface area contributed by atoms with E-state index in [0.717, 1.165) is 49.3 Å². The van der Waals surface area contributed by atoms with Crippen molar-refractivity contribution in [3.8, 4) is 0 Å². The predicted molar refractivity (Wildman–Crippen MR) is 106 cm³/mol. The van der Waals surface area contributed by atoms with Gasteiger partial charge in [0.1, 0.15) is 0 Å². The first-order valence-electron chi connectivity index (χ1n) is 10.3. The SMILES string of the molecule is O=C(CC1CCC(c2cnc3ncc4[nH]cccc4c23)CC1)NCC1CC1. The molecule has 1 amide bonds. The summed E-state index contributed by atoms with van der Waals surface area (Å²) < 4.78 is 0. The monoisotopic (exact) mass is 362 g/mol. The van der Waals surface area contributed by atoms with Crippen molar-refractivity contribution in [3.63, 3.8) is 0 Å². The Hall–Kier alpha value is -2.43. The maximum atomic E-state index is 12.1. The predicted octanol–water partition coefficient (Wildman–Crippen LogP) is 4.30. The van der Waals surface area contributed by atoms with Gasteiger partial charge in [0, 0.05) is 36.1 Å². The van der Waals surface area contributed by atoms with Crippen molar-refractivity contribution in [2.24, 2.45) is 11.8 Å². The molecular weight excluding hydrogens is 336 g/mol. The zero-order valence-electron chi connectivity index (χ0n) is 15.6. The van der Waals surface area contributed by atoms with E-state index >= 15 is 0 Å². The van der Waals surface area contributed by atoms with E-state index in [9.17, 15) is 4.79 Å². The van der Waals surface area contributed by atoms with Crippen LogP contribution in [0.25, 0.3) is 21.9 Å². The molecule has 2 aliphatic carbocycles. The molecule has 3 aromatic heterocycles. The molecule has 27 heavy (non-hydrogen) atoms. The van der Waals surface area contributed by atoms with Gasteiger partial charge in [-0.05, 0) is 67.9 Å². The topological polar surface area (TPSA) is 70.7 Å². The maximum absolute atomic E-state index is 12.1. The van der Waals surface area contributed by atoms with Crippen LogP contribution in [0.2, 0.25) is 0 Å². The van der Waals surface area contributed by atoms with Crippen molar-refractivity contribution < 1.29 is 4.79 Å². The van der Waals surface area contributed by atoms with Crippen molar-refractivity contribution in [1.29, 1.82) is 0 Å². The lowest BCUT2D eigenvalue weighted by Crippen LogP contribution is -2.28. The fourth-order valence-corrected chi connectivity index (χ4v) is 4.56. The summed E-state index contributed by atoms with van der Waals surface area (Å²) in [5.74, 6) is 2.05. The van der Waals surface area contributed by atoms with E-state index in [4.69, 9.17) is 0 Å². The number of fused-ring (bicyclic) bond motifs is 3. The number of rotatable bonds is 5. The Morgan fingerprint density at radius 1 is 1.07 bits per heavy atom. The molecule has 5 heteroatoms. The Morgan fingerprint density at radius 3 is 2.67 bits per heavy atom. The van der Waals surface area contributed by atoms with E-state index in [1.165, 1.54) is 29.2 Å². The number of aromatic nitrogens is 3. The van der Waals surface area contributed by atoms with Crippen molar-refractivity contribution >= 4 is 27.8 Å². The van der Waals surface area contributed by atoms with Gasteiger partial charge < -0.3 is 10.3 Å². The minimum Gasteiger partial charge on any atom is -0.360 e. The zero-order chi connectivity index (χ0) is 18.2. The summed E-state index contributed by atoms with van der Waals surface area (Å²) in [5.41, 5.74) is 3.23. The summed E-state index contributed by atoms with van der Waals surface area (Å²) in [6.45, 7) is 0.885. The molecule has 3 aromatic rings. The van der Waals surface area contributed by atoms with Crippen LogP contribution in [0, 0.1) is 11.8 Å². The standard InChI is InChI=1S/C22H26N4O/c27-20(24-11-15-3-4-15)10-14-5-7-16(8-6-14)18-12-25-22-21(18)17-2-1-9-23-19(17)13-26-22/h1-2,9,12-16,23H,3-8,10-11H2,(H,24,27). The van der Waals surface area contributed by atoms with E-state index in [1.54, 1.807) is 0 Å². The van der Waals surface area contributed by atoms with Crippen LogP contribution in [0.3, 0.4) is 0 Å². The van der Waals surface area contributed by atoms with Crippen LogP contribution in [0.4, 0.5) is 0 Å². The molecule has 2 aliphatic rings. The Bertz CT molecular complexity index is 967. The Balaban J connectivity index is 1.28. The number of hydrogen-bond donors (Lipinski definition) is 2. The first kappa shape index (κ1) is 16.7. The van der Waals surface area contributed by atoms with Crippen molar-refractivity contribution in [1.82, 2.24) is 20.3 Å². The molecule has 0 saturated heterocycles. The van der Waals surface area contributed by atoms with Gasteiger partial charge in [0.25, 0.3) is 0 Å². The molecule has 0 unspecified atom stereocenters. The van der Waals surface area contributed by atoms with E-state index in [-0.39, 0.29) is 5.91 Å². The number of H-pyrrole nitrogens is 1. The van der Waals surface area contributed by atoms with Gasteiger partial charge in [-0.25, -0.2) is 9.97 Å². The highest BCUT2D eigenvalue weighted by Crippen LogP contribution is 2.41. The van der Waals surface area contributed by atoms with Crippen LogP contribution in [-0.2, 0) is 4.79 Å². The lowest BCUT2D eigenvalue weighted by atomic mass is 9.77. The highest BCUT2D eigenvalue weighted by Gasteiger charge is 2.27. The van der Waals surface area contributed by atoms with Crippen molar-refractivity contribution in [2.75, 3.05) is 6.54 Å². The number of aromatic amines is 1. The molecule has 5 nitrogen and oxygen atoms in total. The number of nitrogens with one attached hydrogen (secondary N) is 2. The number of amides is 1.